The highest BCUT2D eigenvalue weighted by atomic mass is 19.4. The molecule has 0 radical (unpaired) electrons. The Morgan fingerprint density at radius 2 is 1.68 bits per heavy atom. The number of hydrogen-bond donors (Lipinski definition) is 1. The monoisotopic (exact) mass is 444 g/mol. The molecule has 4 aliphatic rings. The van der Waals surface area contributed by atoms with Gasteiger partial charge in [0.2, 0.25) is 0 Å². The number of rotatable bonds is 4. The van der Waals surface area contributed by atoms with E-state index in [0.29, 0.717) is 29.1 Å². The minimum atomic E-state index is -4.82. The summed E-state index contributed by atoms with van der Waals surface area (Å²) in [4.78, 5) is 11.3. The molecular formula is C25H39F3O3. The molecule has 0 aromatic rings. The summed E-state index contributed by atoms with van der Waals surface area (Å²) < 4.78 is 43.2. The smallest absolute Gasteiger partial charge is 0.390 e. The Morgan fingerprint density at radius 3 is 2.35 bits per heavy atom. The van der Waals surface area contributed by atoms with Crippen LogP contribution in [0.25, 0.3) is 0 Å². The molecule has 0 heterocycles. The molecule has 6 heteroatoms. The van der Waals surface area contributed by atoms with Gasteiger partial charge in [0.25, 0.3) is 5.78 Å². The fourth-order valence-corrected chi connectivity index (χ4v) is 8.65. The van der Waals surface area contributed by atoms with Crippen LogP contribution in [0.1, 0.15) is 85.5 Å². The molecule has 0 spiro atoms. The molecule has 7 unspecified atom stereocenters. The van der Waals surface area contributed by atoms with E-state index < -0.39 is 24.2 Å². The number of aliphatic hydroxyl groups is 1. The van der Waals surface area contributed by atoms with E-state index in [2.05, 4.69) is 13.8 Å². The first-order valence-electron chi connectivity index (χ1n) is 12.2. The Labute approximate surface area is 184 Å². The molecule has 3 nitrogen and oxygen atoms in total. The van der Waals surface area contributed by atoms with Gasteiger partial charge in [-0.25, -0.2) is 0 Å². The standard InChI is InChI=1S/C25H39F3O3/c1-15(31-14-21(29)25(26,27)28)18-7-8-19-17-6-5-16-13-22(2,30)11-12-23(16,3)20(17)9-10-24(18,19)4/h15-20,30H,5-14H2,1-4H3/t15-,16?,17?,18?,19?,20?,22-,23?,24?/m0/s1. The predicted octanol–water partition coefficient (Wildman–Crippen LogP) is 5.93. The zero-order valence-corrected chi connectivity index (χ0v) is 19.4. The second-order valence-electron chi connectivity index (χ2n) is 12.0. The van der Waals surface area contributed by atoms with E-state index in [1.165, 1.54) is 12.8 Å². The lowest BCUT2D eigenvalue weighted by Gasteiger charge is -2.62. The number of carbonyl (C=O) groups excluding carboxylic acids is 1. The first kappa shape index (κ1) is 23.5. The summed E-state index contributed by atoms with van der Waals surface area (Å²) in [5.41, 5.74) is -0.156. The van der Waals surface area contributed by atoms with E-state index in [9.17, 15) is 23.1 Å². The number of ketones is 1. The van der Waals surface area contributed by atoms with E-state index in [0.717, 1.165) is 44.9 Å². The molecule has 4 aliphatic carbocycles. The minimum Gasteiger partial charge on any atom is -0.390 e. The molecule has 0 amide bonds. The van der Waals surface area contributed by atoms with E-state index in [1.807, 2.05) is 13.8 Å². The van der Waals surface area contributed by atoms with Gasteiger partial charge in [-0.3, -0.25) is 4.79 Å². The first-order valence-corrected chi connectivity index (χ1v) is 12.2. The normalized spacial score (nSPS) is 48.5. The van der Waals surface area contributed by atoms with Crippen LogP contribution < -0.4 is 0 Å². The molecular weight excluding hydrogens is 405 g/mol. The second-order valence-corrected chi connectivity index (χ2v) is 12.0. The third-order valence-electron chi connectivity index (χ3n) is 10.4. The van der Waals surface area contributed by atoms with E-state index in [4.69, 9.17) is 4.74 Å². The van der Waals surface area contributed by atoms with Crippen molar-refractivity contribution in [1.29, 1.82) is 0 Å². The largest absolute Gasteiger partial charge is 0.452 e. The van der Waals surface area contributed by atoms with Crippen LogP contribution in [-0.2, 0) is 9.53 Å². The van der Waals surface area contributed by atoms with Crippen LogP contribution >= 0.6 is 0 Å². The number of alkyl halides is 3. The van der Waals surface area contributed by atoms with Crippen molar-refractivity contribution in [2.24, 2.45) is 40.4 Å². The number of ether oxygens (including phenoxy) is 1. The van der Waals surface area contributed by atoms with Crippen molar-refractivity contribution in [1.82, 2.24) is 0 Å². The van der Waals surface area contributed by atoms with Crippen LogP contribution in [0.2, 0.25) is 0 Å². The van der Waals surface area contributed by atoms with E-state index in [-0.39, 0.29) is 17.4 Å². The molecule has 9 atom stereocenters. The quantitative estimate of drug-likeness (QED) is 0.584. The zero-order chi connectivity index (χ0) is 22.8. The highest BCUT2D eigenvalue weighted by Gasteiger charge is 2.61. The van der Waals surface area contributed by atoms with Gasteiger partial charge in [0.1, 0.15) is 6.61 Å². The zero-order valence-electron chi connectivity index (χ0n) is 19.4. The average molecular weight is 445 g/mol. The molecule has 0 aliphatic heterocycles. The van der Waals surface area contributed by atoms with Crippen LogP contribution in [-0.4, -0.2) is 35.4 Å². The van der Waals surface area contributed by atoms with Crippen molar-refractivity contribution in [3.63, 3.8) is 0 Å². The minimum absolute atomic E-state index is 0.0746. The SMILES string of the molecule is C[C@H](OCC(=O)C(F)(F)F)C1CCC2C3CCC4C[C@@](C)(O)CCC4(C)C3CCC21C. The Bertz CT molecular complexity index is 705. The summed E-state index contributed by atoms with van der Waals surface area (Å²) in [5.74, 6) is 0.939. The number of fused-ring (bicyclic) bond motifs is 5. The van der Waals surface area contributed by atoms with Gasteiger partial charge < -0.3 is 9.84 Å². The molecule has 0 bridgehead atoms. The Kier molecular flexibility index (Phi) is 5.86. The van der Waals surface area contributed by atoms with Gasteiger partial charge in [-0.2, -0.15) is 13.2 Å². The molecule has 0 saturated heterocycles. The Balaban J connectivity index is 1.46. The molecule has 0 aromatic carbocycles. The number of Topliss-reactive ketones (excluding diaryl/α,β-unsaturated/α-hetero) is 1. The van der Waals surface area contributed by atoms with Crippen molar-refractivity contribution < 1.29 is 27.8 Å². The number of carbonyl (C=O) groups is 1. The highest BCUT2D eigenvalue weighted by Crippen LogP contribution is 2.68. The lowest BCUT2D eigenvalue weighted by Crippen LogP contribution is -2.55. The topological polar surface area (TPSA) is 46.5 Å². The maximum Gasteiger partial charge on any atom is 0.452 e. The number of halogens is 3. The van der Waals surface area contributed by atoms with Gasteiger partial charge in [0, 0.05) is 0 Å². The Morgan fingerprint density at radius 1 is 1.00 bits per heavy atom. The molecule has 4 rings (SSSR count). The average Bonchev–Trinajstić information content (AvgIpc) is 3.02. The summed E-state index contributed by atoms with van der Waals surface area (Å²) in [6, 6.07) is 0. The van der Waals surface area contributed by atoms with Crippen molar-refractivity contribution in [2.75, 3.05) is 6.61 Å². The van der Waals surface area contributed by atoms with Crippen LogP contribution in [0.5, 0.6) is 0 Å². The lowest BCUT2D eigenvalue weighted by atomic mass is 9.44. The summed E-state index contributed by atoms with van der Waals surface area (Å²) in [6.45, 7) is 7.77. The van der Waals surface area contributed by atoms with Crippen LogP contribution in [0.3, 0.4) is 0 Å². The highest BCUT2D eigenvalue weighted by molar-refractivity contribution is 5.85. The third kappa shape index (κ3) is 3.98. The van der Waals surface area contributed by atoms with Crippen molar-refractivity contribution in [3.8, 4) is 0 Å². The summed E-state index contributed by atoms with van der Waals surface area (Å²) in [6.07, 6.45) is 4.45. The molecule has 1 N–H and O–H groups in total. The van der Waals surface area contributed by atoms with Crippen molar-refractivity contribution in [2.45, 2.75) is 103 Å². The second kappa shape index (κ2) is 7.72. The van der Waals surface area contributed by atoms with E-state index >= 15 is 0 Å². The van der Waals surface area contributed by atoms with Crippen LogP contribution in [0.4, 0.5) is 13.2 Å². The number of hydrogen-bond acceptors (Lipinski definition) is 3. The predicted molar refractivity (Wildman–Crippen MR) is 112 cm³/mol. The molecule has 31 heavy (non-hydrogen) atoms. The van der Waals surface area contributed by atoms with Gasteiger partial charge in [-0.05, 0) is 112 Å². The van der Waals surface area contributed by atoms with Crippen LogP contribution in [0, 0.1) is 40.4 Å². The van der Waals surface area contributed by atoms with Gasteiger partial charge in [0.15, 0.2) is 0 Å². The molecule has 4 fully saturated rings. The van der Waals surface area contributed by atoms with Gasteiger partial charge in [-0.15, -0.1) is 0 Å². The molecule has 0 aromatic heterocycles. The maximum absolute atomic E-state index is 12.6. The first-order chi connectivity index (χ1) is 14.3. The lowest BCUT2D eigenvalue weighted by molar-refractivity contribution is -0.179. The van der Waals surface area contributed by atoms with E-state index in [1.54, 1.807) is 0 Å². The third-order valence-corrected chi connectivity index (χ3v) is 10.4. The Hall–Kier alpha value is -0.620. The van der Waals surface area contributed by atoms with Gasteiger partial charge >= 0.3 is 6.18 Å². The summed E-state index contributed by atoms with van der Waals surface area (Å²) >= 11 is 0. The molecule has 4 saturated carbocycles. The molecule has 178 valence electrons. The van der Waals surface area contributed by atoms with Crippen molar-refractivity contribution >= 4 is 5.78 Å². The fraction of sp³-hybridized carbons (Fsp3) is 0.960. The van der Waals surface area contributed by atoms with Gasteiger partial charge in [0.05, 0.1) is 11.7 Å². The maximum atomic E-state index is 12.6. The summed E-state index contributed by atoms with van der Waals surface area (Å²) in [7, 11) is 0. The van der Waals surface area contributed by atoms with Gasteiger partial charge in [-0.1, -0.05) is 13.8 Å². The van der Waals surface area contributed by atoms with Crippen molar-refractivity contribution in [3.05, 3.63) is 0 Å². The summed E-state index contributed by atoms with van der Waals surface area (Å²) in [5, 5.41) is 10.6. The fourth-order valence-electron chi connectivity index (χ4n) is 8.65. The van der Waals surface area contributed by atoms with Crippen LogP contribution in [0.15, 0.2) is 0 Å².